The normalized spacial score (nSPS) is 21.3. The highest BCUT2D eigenvalue weighted by Gasteiger charge is 2.29. The van der Waals surface area contributed by atoms with Crippen molar-refractivity contribution in [2.75, 3.05) is 0 Å². The molecule has 23 heavy (non-hydrogen) atoms. The lowest BCUT2D eigenvalue weighted by Crippen LogP contribution is -2.44. The maximum atomic E-state index is 13.2. The first-order valence-corrected chi connectivity index (χ1v) is 7.86. The Bertz CT molecular complexity index is 686. The van der Waals surface area contributed by atoms with Crippen LogP contribution in [-0.4, -0.2) is 16.9 Å². The van der Waals surface area contributed by atoms with Crippen molar-refractivity contribution in [3.8, 4) is 11.5 Å². The lowest BCUT2D eigenvalue weighted by molar-refractivity contribution is -0.123. The summed E-state index contributed by atoms with van der Waals surface area (Å²) in [7, 11) is 0. The van der Waals surface area contributed by atoms with E-state index < -0.39 is 0 Å². The molecule has 0 unspecified atom stereocenters. The van der Waals surface area contributed by atoms with E-state index >= 15 is 0 Å². The number of primary amides is 1. The fraction of sp³-hybridized carbons (Fsp3) is 0.412. The fourth-order valence-electron chi connectivity index (χ4n) is 3.09. The van der Waals surface area contributed by atoms with Crippen molar-refractivity contribution < 1.29 is 13.6 Å². The maximum absolute atomic E-state index is 13.2. The van der Waals surface area contributed by atoms with Crippen molar-refractivity contribution in [2.24, 2.45) is 11.7 Å². The Morgan fingerprint density at radius 1 is 1.39 bits per heavy atom. The van der Waals surface area contributed by atoms with Gasteiger partial charge in [0.05, 0.1) is 11.6 Å². The predicted molar refractivity (Wildman–Crippen MR) is 83.7 cm³/mol. The molecule has 1 aromatic heterocycles. The molecule has 1 heterocycles. The molecule has 2 atom stereocenters. The van der Waals surface area contributed by atoms with Crippen LogP contribution in [0.4, 0.5) is 4.39 Å². The SMILES string of the molecule is NC(=O)[C@@H]1CCCC[C@H]1NCc1coc(-c2cccc(F)c2)n1. The largest absolute Gasteiger partial charge is 0.444 e. The molecule has 1 saturated carbocycles. The molecule has 1 fully saturated rings. The van der Waals surface area contributed by atoms with Crippen LogP contribution in [0.2, 0.25) is 0 Å². The van der Waals surface area contributed by atoms with Gasteiger partial charge in [0.15, 0.2) is 0 Å². The van der Waals surface area contributed by atoms with Crippen LogP contribution in [0, 0.1) is 11.7 Å². The smallest absolute Gasteiger partial charge is 0.226 e. The molecule has 1 aliphatic rings. The molecular formula is C17H20FN3O2. The van der Waals surface area contributed by atoms with Gasteiger partial charge in [-0.25, -0.2) is 9.37 Å². The summed E-state index contributed by atoms with van der Waals surface area (Å²) < 4.78 is 18.7. The van der Waals surface area contributed by atoms with Crippen LogP contribution in [0.5, 0.6) is 0 Å². The number of hydrogen-bond acceptors (Lipinski definition) is 4. The van der Waals surface area contributed by atoms with Gasteiger partial charge in [0.1, 0.15) is 12.1 Å². The van der Waals surface area contributed by atoms with Crippen LogP contribution in [-0.2, 0) is 11.3 Å². The average molecular weight is 317 g/mol. The highest BCUT2D eigenvalue weighted by atomic mass is 19.1. The van der Waals surface area contributed by atoms with E-state index in [1.165, 1.54) is 12.1 Å². The van der Waals surface area contributed by atoms with Gasteiger partial charge in [-0.1, -0.05) is 18.9 Å². The molecule has 1 aliphatic carbocycles. The molecule has 0 aliphatic heterocycles. The average Bonchev–Trinajstić information content (AvgIpc) is 3.02. The van der Waals surface area contributed by atoms with Gasteiger partial charge in [0.25, 0.3) is 0 Å². The van der Waals surface area contributed by atoms with E-state index in [4.69, 9.17) is 10.2 Å². The van der Waals surface area contributed by atoms with E-state index in [2.05, 4.69) is 10.3 Å². The summed E-state index contributed by atoms with van der Waals surface area (Å²) in [6.07, 6.45) is 5.45. The number of nitrogens with two attached hydrogens (primary N) is 1. The summed E-state index contributed by atoms with van der Waals surface area (Å²) in [4.78, 5) is 15.9. The summed E-state index contributed by atoms with van der Waals surface area (Å²) in [5.41, 5.74) is 6.79. The lowest BCUT2D eigenvalue weighted by Gasteiger charge is -2.29. The first-order chi connectivity index (χ1) is 11.1. The third-order valence-corrected chi connectivity index (χ3v) is 4.30. The number of benzene rings is 1. The molecule has 5 nitrogen and oxygen atoms in total. The van der Waals surface area contributed by atoms with E-state index in [9.17, 15) is 9.18 Å². The van der Waals surface area contributed by atoms with Crippen molar-refractivity contribution in [3.05, 3.63) is 42.0 Å². The molecule has 3 rings (SSSR count). The van der Waals surface area contributed by atoms with Crippen molar-refractivity contribution in [1.82, 2.24) is 10.3 Å². The number of carbonyl (C=O) groups excluding carboxylic acids is 1. The zero-order valence-electron chi connectivity index (χ0n) is 12.8. The molecule has 0 spiro atoms. The molecule has 0 radical (unpaired) electrons. The van der Waals surface area contributed by atoms with Gasteiger partial charge >= 0.3 is 0 Å². The highest BCUT2D eigenvalue weighted by molar-refractivity contribution is 5.77. The van der Waals surface area contributed by atoms with Crippen LogP contribution in [0.1, 0.15) is 31.4 Å². The molecular weight excluding hydrogens is 297 g/mol. The molecule has 0 bridgehead atoms. The first kappa shape index (κ1) is 15.7. The summed E-state index contributed by atoms with van der Waals surface area (Å²) in [6.45, 7) is 0.493. The third kappa shape index (κ3) is 3.76. The molecule has 1 aromatic carbocycles. The third-order valence-electron chi connectivity index (χ3n) is 4.30. The minimum Gasteiger partial charge on any atom is -0.444 e. The van der Waals surface area contributed by atoms with Gasteiger partial charge in [-0.05, 0) is 31.0 Å². The van der Waals surface area contributed by atoms with Gasteiger partial charge in [-0.15, -0.1) is 0 Å². The second kappa shape index (κ2) is 6.91. The number of nitrogens with one attached hydrogen (secondary N) is 1. The quantitative estimate of drug-likeness (QED) is 0.888. The van der Waals surface area contributed by atoms with Crippen LogP contribution in [0.3, 0.4) is 0 Å². The highest BCUT2D eigenvalue weighted by Crippen LogP contribution is 2.25. The standard InChI is InChI=1S/C17H20FN3O2/c18-12-5-3-4-11(8-12)17-21-13(10-23-17)9-20-15-7-2-1-6-14(15)16(19)22/h3-5,8,10,14-15,20H,1-2,6-7,9H2,(H2,19,22)/t14-,15-/m1/s1. The number of hydrogen-bond donors (Lipinski definition) is 2. The Hall–Kier alpha value is -2.21. The van der Waals surface area contributed by atoms with Crippen LogP contribution >= 0.6 is 0 Å². The minimum absolute atomic E-state index is 0.0792. The molecule has 122 valence electrons. The minimum atomic E-state index is -0.327. The Morgan fingerprint density at radius 2 is 2.22 bits per heavy atom. The Kier molecular flexibility index (Phi) is 4.71. The van der Waals surface area contributed by atoms with E-state index in [1.807, 2.05) is 0 Å². The van der Waals surface area contributed by atoms with Gasteiger partial charge in [0.2, 0.25) is 11.8 Å². The van der Waals surface area contributed by atoms with Crippen molar-refractivity contribution in [3.63, 3.8) is 0 Å². The number of carbonyl (C=O) groups is 1. The molecule has 1 amide bonds. The van der Waals surface area contributed by atoms with Gasteiger partial charge in [-0.2, -0.15) is 0 Å². The second-order valence-corrected chi connectivity index (χ2v) is 5.94. The van der Waals surface area contributed by atoms with E-state index in [0.29, 0.717) is 18.0 Å². The molecule has 2 aromatic rings. The van der Waals surface area contributed by atoms with Crippen molar-refractivity contribution in [1.29, 1.82) is 0 Å². The molecule has 3 N–H and O–H groups in total. The zero-order chi connectivity index (χ0) is 16.2. The Labute approximate surface area is 134 Å². The number of halogens is 1. The van der Waals surface area contributed by atoms with Crippen LogP contribution < -0.4 is 11.1 Å². The van der Waals surface area contributed by atoms with Crippen molar-refractivity contribution in [2.45, 2.75) is 38.3 Å². The number of amides is 1. The Balaban J connectivity index is 1.64. The maximum Gasteiger partial charge on any atom is 0.226 e. The predicted octanol–water partition coefficient (Wildman–Crippen LogP) is 2.61. The number of oxazole rings is 1. The fourth-order valence-corrected chi connectivity index (χ4v) is 3.09. The Morgan fingerprint density at radius 3 is 3.00 bits per heavy atom. The van der Waals surface area contributed by atoms with E-state index in [-0.39, 0.29) is 23.7 Å². The van der Waals surface area contributed by atoms with Gasteiger partial charge in [0, 0.05) is 18.2 Å². The number of aromatic nitrogens is 1. The van der Waals surface area contributed by atoms with Gasteiger partial charge in [-0.3, -0.25) is 4.79 Å². The molecule has 0 saturated heterocycles. The molecule has 6 heteroatoms. The van der Waals surface area contributed by atoms with E-state index in [0.717, 1.165) is 31.4 Å². The first-order valence-electron chi connectivity index (χ1n) is 7.86. The van der Waals surface area contributed by atoms with Gasteiger partial charge < -0.3 is 15.5 Å². The monoisotopic (exact) mass is 317 g/mol. The summed E-state index contributed by atoms with van der Waals surface area (Å²) in [6, 6.07) is 6.20. The summed E-state index contributed by atoms with van der Waals surface area (Å²) in [5, 5.41) is 3.35. The summed E-state index contributed by atoms with van der Waals surface area (Å²) in [5.74, 6) is -0.315. The second-order valence-electron chi connectivity index (χ2n) is 5.94. The number of rotatable bonds is 5. The lowest BCUT2D eigenvalue weighted by atomic mass is 9.84. The number of nitrogens with zero attached hydrogens (tertiary/aromatic N) is 1. The van der Waals surface area contributed by atoms with Crippen molar-refractivity contribution >= 4 is 5.91 Å². The van der Waals surface area contributed by atoms with Crippen LogP contribution in [0.15, 0.2) is 34.9 Å². The van der Waals surface area contributed by atoms with Crippen LogP contribution in [0.25, 0.3) is 11.5 Å². The summed E-state index contributed by atoms with van der Waals surface area (Å²) >= 11 is 0. The zero-order valence-corrected chi connectivity index (χ0v) is 12.8. The topological polar surface area (TPSA) is 81.2 Å². The van der Waals surface area contributed by atoms with E-state index in [1.54, 1.807) is 18.4 Å².